The number of hydrogen-bond acceptors (Lipinski definition) is 2. The highest BCUT2D eigenvalue weighted by Gasteiger charge is 2.20. The van der Waals surface area contributed by atoms with Crippen molar-refractivity contribution in [3.63, 3.8) is 0 Å². The highest BCUT2D eigenvalue weighted by molar-refractivity contribution is 9.10. The van der Waals surface area contributed by atoms with Crippen LogP contribution < -0.4 is 5.32 Å². The predicted octanol–water partition coefficient (Wildman–Crippen LogP) is 4.19. The van der Waals surface area contributed by atoms with Gasteiger partial charge in [-0.05, 0) is 43.8 Å². The average Bonchev–Trinajstić information content (AvgIpc) is 2.76. The van der Waals surface area contributed by atoms with Crippen LogP contribution in [0.25, 0.3) is 0 Å². The number of aryl methyl sites for hydroxylation is 1. The minimum absolute atomic E-state index is 0.238. The van der Waals surface area contributed by atoms with Gasteiger partial charge in [0.1, 0.15) is 17.3 Å². The normalized spacial score (nSPS) is 12.7. The fourth-order valence-corrected chi connectivity index (χ4v) is 2.29. The monoisotopic (exact) mass is 311 g/mol. The summed E-state index contributed by atoms with van der Waals surface area (Å²) in [7, 11) is 0. The van der Waals surface area contributed by atoms with Crippen LogP contribution in [0.4, 0.5) is 4.39 Å². The van der Waals surface area contributed by atoms with Gasteiger partial charge in [-0.25, -0.2) is 4.39 Å². The summed E-state index contributed by atoms with van der Waals surface area (Å²) in [5.74, 6) is 1.31. The molecule has 1 aromatic carbocycles. The second kappa shape index (κ2) is 5.67. The maximum absolute atomic E-state index is 13.9. The summed E-state index contributed by atoms with van der Waals surface area (Å²) in [4.78, 5) is 0. The second-order valence-electron chi connectivity index (χ2n) is 4.10. The number of halogens is 2. The van der Waals surface area contributed by atoms with Crippen molar-refractivity contribution in [2.24, 2.45) is 0 Å². The van der Waals surface area contributed by atoms with Crippen molar-refractivity contribution >= 4 is 15.9 Å². The molecule has 0 amide bonds. The Morgan fingerprint density at radius 1 is 1.33 bits per heavy atom. The Morgan fingerprint density at radius 2 is 2.11 bits per heavy atom. The maximum atomic E-state index is 13.9. The van der Waals surface area contributed by atoms with Gasteiger partial charge >= 0.3 is 0 Å². The molecular formula is C14H15BrFNO. The average molecular weight is 312 g/mol. The van der Waals surface area contributed by atoms with Crippen molar-refractivity contribution in [2.75, 3.05) is 6.54 Å². The van der Waals surface area contributed by atoms with Gasteiger partial charge in [0.05, 0.1) is 6.04 Å². The Kier molecular flexibility index (Phi) is 4.19. The molecular weight excluding hydrogens is 297 g/mol. The molecule has 1 aromatic heterocycles. The van der Waals surface area contributed by atoms with E-state index in [-0.39, 0.29) is 11.9 Å². The van der Waals surface area contributed by atoms with Crippen molar-refractivity contribution < 1.29 is 8.81 Å². The summed E-state index contributed by atoms with van der Waals surface area (Å²) in [6, 6.07) is 8.43. The molecule has 0 radical (unpaired) electrons. The van der Waals surface area contributed by atoms with E-state index in [1.54, 1.807) is 12.1 Å². The van der Waals surface area contributed by atoms with Gasteiger partial charge in [-0.15, -0.1) is 0 Å². The smallest absolute Gasteiger partial charge is 0.128 e. The molecule has 4 heteroatoms. The van der Waals surface area contributed by atoms with E-state index in [1.807, 2.05) is 26.0 Å². The third-order valence-electron chi connectivity index (χ3n) is 2.72. The Hall–Kier alpha value is -1.13. The lowest BCUT2D eigenvalue weighted by molar-refractivity contribution is 0.426. The molecule has 0 saturated heterocycles. The third kappa shape index (κ3) is 2.82. The molecule has 0 spiro atoms. The predicted molar refractivity (Wildman–Crippen MR) is 73.1 cm³/mol. The maximum Gasteiger partial charge on any atom is 0.128 e. The molecule has 1 unspecified atom stereocenters. The summed E-state index contributed by atoms with van der Waals surface area (Å²) < 4.78 is 20.4. The molecule has 18 heavy (non-hydrogen) atoms. The zero-order valence-corrected chi connectivity index (χ0v) is 11.9. The first-order chi connectivity index (χ1) is 8.61. The van der Waals surface area contributed by atoms with Crippen LogP contribution in [0.3, 0.4) is 0 Å². The molecule has 1 N–H and O–H groups in total. The number of benzene rings is 1. The van der Waals surface area contributed by atoms with Gasteiger partial charge in [0, 0.05) is 10.0 Å². The molecule has 0 aliphatic heterocycles. The van der Waals surface area contributed by atoms with Crippen LogP contribution in [0.2, 0.25) is 0 Å². The Labute approximate surface area is 114 Å². The van der Waals surface area contributed by atoms with Gasteiger partial charge < -0.3 is 9.73 Å². The number of rotatable bonds is 4. The van der Waals surface area contributed by atoms with Gasteiger partial charge in [-0.1, -0.05) is 22.9 Å². The van der Waals surface area contributed by atoms with E-state index in [9.17, 15) is 4.39 Å². The summed E-state index contributed by atoms with van der Waals surface area (Å²) in [5, 5.41) is 3.24. The zero-order chi connectivity index (χ0) is 13.1. The van der Waals surface area contributed by atoms with E-state index in [1.165, 1.54) is 6.07 Å². The quantitative estimate of drug-likeness (QED) is 0.916. The first-order valence-electron chi connectivity index (χ1n) is 5.86. The van der Waals surface area contributed by atoms with Gasteiger partial charge in [0.2, 0.25) is 0 Å². The first kappa shape index (κ1) is 13.3. The third-order valence-corrected chi connectivity index (χ3v) is 3.22. The molecule has 96 valence electrons. The van der Waals surface area contributed by atoms with Gasteiger partial charge in [0.15, 0.2) is 0 Å². The lowest BCUT2D eigenvalue weighted by atomic mass is 10.0. The van der Waals surface area contributed by atoms with Crippen LogP contribution in [-0.2, 0) is 0 Å². The van der Waals surface area contributed by atoms with Crippen molar-refractivity contribution in [1.29, 1.82) is 0 Å². The highest BCUT2D eigenvalue weighted by atomic mass is 79.9. The van der Waals surface area contributed by atoms with E-state index in [0.29, 0.717) is 5.56 Å². The summed E-state index contributed by atoms with van der Waals surface area (Å²) in [6.45, 7) is 4.60. The number of furan rings is 1. The molecule has 0 bridgehead atoms. The summed E-state index contributed by atoms with van der Waals surface area (Å²) in [5.41, 5.74) is 0.584. The lowest BCUT2D eigenvalue weighted by Gasteiger charge is -2.17. The second-order valence-corrected chi connectivity index (χ2v) is 5.02. The van der Waals surface area contributed by atoms with E-state index >= 15 is 0 Å². The fourth-order valence-electron chi connectivity index (χ4n) is 1.91. The van der Waals surface area contributed by atoms with Crippen molar-refractivity contribution in [2.45, 2.75) is 19.9 Å². The van der Waals surface area contributed by atoms with E-state index in [4.69, 9.17) is 4.42 Å². The first-order valence-corrected chi connectivity index (χ1v) is 6.65. The van der Waals surface area contributed by atoms with Crippen LogP contribution >= 0.6 is 15.9 Å². The van der Waals surface area contributed by atoms with Crippen LogP contribution in [0, 0.1) is 12.7 Å². The molecule has 0 aliphatic rings. The minimum Gasteiger partial charge on any atom is -0.464 e. The molecule has 2 rings (SSSR count). The van der Waals surface area contributed by atoms with Crippen LogP contribution in [-0.4, -0.2) is 6.54 Å². The molecule has 1 heterocycles. The van der Waals surface area contributed by atoms with E-state index in [0.717, 1.165) is 22.5 Å². The Morgan fingerprint density at radius 3 is 2.72 bits per heavy atom. The number of nitrogens with one attached hydrogen (secondary N) is 1. The van der Waals surface area contributed by atoms with E-state index < -0.39 is 0 Å². The standard InChI is InChI=1S/C14H15BrFNO/c1-3-17-14(13-7-4-9(2)18-13)11-8-10(15)5-6-12(11)16/h4-8,14,17H,3H2,1-2H3. The SMILES string of the molecule is CCNC(c1ccc(C)o1)c1cc(Br)ccc1F. The van der Waals surface area contributed by atoms with Crippen LogP contribution in [0.1, 0.15) is 30.0 Å². The van der Waals surface area contributed by atoms with Gasteiger partial charge in [-0.2, -0.15) is 0 Å². The van der Waals surface area contributed by atoms with Crippen LogP contribution in [0.5, 0.6) is 0 Å². The van der Waals surface area contributed by atoms with Gasteiger partial charge in [-0.3, -0.25) is 0 Å². The molecule has 0 saturated carbocycles. The summed E-state index contributed by atoms with van der Waals surface area (Å²) in [6.07, 6.45) is 0. The number of hydrogen-bond donors (Lipinski definition) is 1. The van der Waals surface area contributed by atoms with E-state index in [2.05, 4.69) is 21.2 Å². The van der Waals surface area contributed by atoms with Crippen molar-refractivity contribution in [1.82, 2.24) is 5.32 Å². The Balaban J connectivity index is 2.44. The molecule has 1 atom stereocenters. The highest BCUT2D eigenvalue weighted by Crippen LogP contribution is 2.28. The zero-order valence-electron chi connectivity index (χ0n) is 10.3. The van der Waals surface area contributed by atoms with Crippen LogP contribution in [0.15, 0.2) is 39.2 Å². The van der Waals surface area contributed by atoms with Crippen molar-refractivity contribution in [3.05, 3.63) is 57.7 Å². The molecule has 2 aromatic rings. The van der Waals surface area contributed by atoms with Gasteiger partial charge in [0.25, 0.3) is 0 Å². The molecule has 2 nitrogen and oxygen atoms in total. The van der Waals surface area contributed by atoms with Crippen molar-refractivity contribution in [3.8, 4) is 0 Å². The Bertz CT molecular complexity index is 538. The lowest BCUT2D eigenvalue weighted by Crippen LogP contribution is -2.22. The molecule has 0 aliphatic carbocycles. The minimum atomic E-state index is -0.263. The largest absolute Gasteiger partial charge is 0.464 e. The summed E-state index contributed by atoms with van der Waals surface area (Å²) >= 11 is 3.37. The fraction of sp³-hybridized carbons (Fsp3) is 0.286. The topological polar surface area (TPSA) is 25.2 Å². The molecule has 0 fully saturated rings.